The maximum Gasteiger partial charge on any atom is 0.264 e. The van der Waals surface area contributed by atoms with Gasteiger partial charge in [0.2, 0.25) is 6.54 Å². The van der Waals surface area contributed by atoms with Crippen LogP contribution in [0.15, 0.2) is 176 Å². The molecule has 431 valence electrons. The second kappa shape index (κ2) is 71.6. The van der Waals surface area contributed by atoms with E-state index in [0.717, 1.165) is 6.42 Å². The van der Waals surface area contributed by atoms with Crippen LogP contribution in [0.4, 0.5) is 0 Å². The quantitative estimate of drug-likeness (QED) is 0.0567. The molecule has 0 saturated heterocycles. The average molecular weight is 1160 g/mol. The summed E-state index contributed by atoms with van der Waals surface area (Å²) in [4.78, 5) is 9.09. The number of aryl methyl sites for hydroxylation is 7. The van der Waals surface area contributed by atoms with Crippen LogP contribution >= 0.6 is 0 Å². The maximum absolute atomic E-state index is 9.79. The molecule has 0 aliphatic rings. The van der Waals surface area contributed by atoms with Crippen molar-refractivity contribution in [2.45, 2.75) is 153 Å². The van der Waals surface area contributed by atoms with Gasteiger partial charge in [0.15, 0.2) is 12.4 Å². The number of nitrogens with zero attached hydrogens (tertiary/aromatic N) is 2. The molecule has 0 aliphatic carbocycles. The third kappa shape index (κ3) is 99.3. The summed E-state index contributed by atoms with van der Waals surface area (Å²) < 4.78 is 58.6. The average Bonchev–Trinajstić information content (AvgIpc) is 3.28. The Bertz CT molecular complexity index is 1880. The molecule has 0 atom stereocenters. The molecule has 75 heavy (non-hydrogen) atoms. The number of hydrogen-bond acceptors (Lipinski definition) is 7. The van der Waals surface area contributed by atoms with E-state index in [4.69, 9.17) is 4.55 Å². The van der Waals surface area contributed by atoms with Crippen LogP contribution in [-0.4, -0.2) is 48.9 Å². The molecule has 0 spiro atoms. The van der Waals surface area contributed by atoms with Crippen molar-refractivity contribution < 1.29 is 68.1 Å². The van der Waals surface area contributed by atoms with E-state index in [0.29, 0.717) is 19.3 Å². The van der Waals surface area contributed by atoms with Crippen LogP contribution in [0.5, 0.6) is 0 Å². The maximum atomic E-state index is 9.79. The van der Waals surface area contributed by atoms with Gasteiger partial charge >= 0.3 is 0 Å². The number of aromatic nitrogens is 1. The Hall–Kier alpha value is -4.43. The SMILES string of the molecule is C.C.C.C.C.C.CC.CCCS(=O)(=O)O.CCCS(=O)(=O)[O-].CCC[N+](=O)[O-].Cc1cc[n+](C)cc1.Cc1ccccc1.Cc1ccccc1.Cc1ccccc1.Cc1ccccc1.Cc1ccccc1.[CH2-]CC.[Y]. The van der Waals surface area contributed by atoms with Crippen molar-refractivity contribution in [3.8, 4) is 0 Å². The first-order valence-corrected chi connectivity index (χ1v) is 26.1. The van der Waals surface area contributed by atoms with Gasteiger partial charge in [-0.2, -0.15) is 14.8 Å². The topological polar surface area (TPSA) is 159 Å². The molecule has 1 radical (unpaired) electrons. The van der Waals surface area contributed by atoms with Crippen LogP contribution < -0.4 is 4.57 Å². The zero-order valence-electron chi connectivity index (χ0n) is 44.0. The first-order valence-electron chi connectivity index (χ1n) is 22.9. The molecule has 0 bridgehead atoms. The summed E-state index contributed by atoms with van der Waals surface area (Å²) in [7, 11) is -5.59. The molecule has 1 heterocycles. The second-order valence-corrected chi connectivity index (χ2v) is 17.5. The van der Waals surface area contributed by atoms with Gasteiger partial charge in [-0.1, -0.05) is 266 Å². The third-order valence-electron chi connectivity index (χ3n) is 7.17. The first-order chi connectivity index (χ1) is 32.1. The molecular weight excluding hydrogens is 1050 g/mol. The zero-order chi connectivity index (χ0) is 53.1. The smallest absolute Gasteiger partial charge is 0.264 e. The molecule has 0 fully saturated rings. The minimum Gasteiger partial charge on any atom is -0.748 e. The predicted molar refractivity (Wildman–Crippen MR) is 329 cm³/mol. The fourth-order valence-electron chi connectivity index (χ4n) is 3.94. The normalized spacial score (nSPS) is 8.21. The fraction of sp³-hybridized carbons (Fsp3) is 0.419. The van der Waals surface area contributed by atoms with Gasteiger partial charge in [0.05, 0.1) is 15.9 Å². The molecule has 0 amide bonds. The number of benzene rings is 5. The van der Waals surface area contributed by atoms with Crippen molar-refractivity contribution in [3.05, 3.63) is 227 Å². The largest absolute Gasteiger partial charge is 0.748 e. The molecule has 6 rings (SSSR count). The minimum atomic E-state index is -3.92. The van der Waals surface area contributed by atoms with Crippen LogP contribution in [0.2, 0.25) is 0 Å². The van der Waals surface area contributed by atoms with E-state index in [1.807, 2.05) is 136 Å². The van der Waals surface area contributed by atoms with Gasteiger partial charge in [0.25, 0.3) is 10.1 Å². The number of pyridine rings is 1. The Labute approximate surface area is 489 Å². The molecule has 10 nitrogen and oxygen atoms in total. The summed E-state index contributed by atoms with van der Waals surface area (Å²) in [6, 6.07) is 55.5. The van der Waals surface area contributed by atoms with Crippen LogP contribution in [0.1, 0.15) is 145 Å². The van der Waals surface area contributed by atoms with Crippen molar-refractivity contribution in [2.75, 3.05) is 18.1 Å². The number of rotatable bonds is 6. The fourth-order valence-corrected chi connectivity index (χ4v) is 4.95. The van der Waals surface area contributed by atoms with Crippen molar-refractivity contribution in [3.63, 3.8) is 0 Å². The van der Waals surface area contributed by atoms with E-state index < -0.39 is 20.2 Å². The van der Waals surface area contributed by atoms with Gasteiger partial charge in [-0.25, -0.2) is 13.0 Å². The van der Waals surface area contributed by atoms with E-state index in [1.54, 1.807) is 20.8 Å². The Kier molecular flexibility index (Phi) is 95.1. The van der Waals surface area contributed by atoms with Crippen LogP contribution in [0.25, 0.3) is 0 Å². The number of nitro groups is 1. The second-order valence-electron chi connectivity index (χ2n) is 14.4. The Morgan fingerprint density at radius 2 is 0.667 bits per heavy atom. The summed E-state index contributed by atoms with van der Waals surface area (Å²) in [6.07, 6.45) is 6.59. The van der Waals surface area contributed by atoms with Crippen molar-refractivity contribution in [2.24, 2.45) is 7.05 Å². The van der Waals surface area contributed by atoms with E-state index in [1.165, 1.54) is 33.4 Å². The molecule has 5 aromatic carbocycles. The van der Waals surface area contributed by atoms with Gasteiger partial charge in [-0.05, 0) is 59.9 Å². The van der Waals surface area contributed by atoms with Crippen molar-refractivity contribution in [1.82, 2.24) is 0 Å². The van der Waals surface area contributed by atoms with Crippen LogP contribution in [0, 0.1) is 58.6 Å². The van der Waals surface area contributed by atoms with E-state index in [2.05, 4.69) is 121 Å². The molecule has 0 aliphatic heterocycles. The number of hydrogen-bond donors (Lipinski definition) is 1. The summed E-state index contributed by atoms with van der Waals surface area (Å²) in [5, 5.41) is 9.40. The van der Waals surface area contributed by atoms with Crippen LogP contribution in [0.3, 0.4) is 0 Å². The molecule has 0 unspecified atom stereocenters. The van der Waals surface area contributed by atoms with Gasteiger partial charge in [0, 0.05) is 61.9 Å². The van der Waals surface area contributed by atoms with Gasteiger partial charge < -0.3 is 11.5 Å². The summed E-state index contributed by atoms with van der Waals surface area (Å²) in [5.74, 6) is -0.375. The molecular formula is C62H109N2O8S2Y-. The summed E-state index contributed by atoms with van der Waals surface area (Å²) in [5.41, 5.74) is 7.92. The summed E-state index contributed by atoms with van der Waals surface area (Å²) >= 11 is 0. The van der Waals surface area contributed by atoms with E-state index >= 15 is 0 Å². The molecule has 6 aromatic rings. The Morgan fingerprint density at radius 3 is 0.733 bits per heavy atom. The van der Waals surface area contributed by atoms with E-state index in [9.17, 15) is 31.5 Å². The van der Waals surface area contributed by atoms with Gasteiger partial charge in [-0.3, -0.25) is 14.7 Å². The monoisotopic (exact) mass is 1160 g/mol. The molecule has 13 heteroatoms. The predicted octanol–water partition coefficient (Wildman–Crippen LogP) is 17.8. The third-order valence-corrected chi connectivity index (χ3v) is 9.00. The van der Waals surface area contributed by atoms with Crippen LogP contribution in [-0.2, 0) is 60.0 Å². The van der Waals surface area contributed by atoms with Gasteiger partial charge in [-0.15, -0.1) is 0 Å². The standard InChI is InChI=1S/C7H10N.5C7H8.C3H7NO2.2C3H8O3S.C3H7.C2H6.6CH4.Y/c1-7-3-5-8(2)6-4-7;5*1-7-5-3-2-4-6-7;1-2-3-4(5)6;2*1-2-3-7(4,5)6;1-3-2;1-2;;;;;;;/h3-6H,1-2H3;5*2-6H,1H3;2-3H2,1H3;2*2-3H2,1H3,(H,4,5,6);1,3H2,2H3;1-2H3;6*1H4;/q+1;;;;;;;;;-1;;;;;;;;/p-1. The molecule has 1 N–H and O–H groups in total. The Balaban J connectivity index is -0.0000000582. The first kappa shape index (κ1) is 99.6. The van der Waals surface area contributed by atoms with E-state index in [-0.39, 0.29) is 100 Å². The molecule has 1 aromatic heterocycles. The van der Waals surface area contributed by atoms with Crippen molar-refractivity contribution >= 4 is 20.2 Å². The van der Waals surface area contributed by atoms with Crippen molar-refractivity contribution in [1.29, 1.82) is 0 Å². The van der Waals surface area contributed by atoms with Gasteiger partial charge in [0.1, 0.15) is 7.05 Å². The summed E-state index contributed by atoms with van der Waals surface area (Å²) in [6.45, 7) is 27.2. The Morgan fingerprint density at radius 1 is 0.467 bits per heavy atom. The minimum absolute atomic E-state index is 0. The molecule has 0 saturated carbocycles. The zero-order valence-corrected chi connectivity index (χ0v) is 48.5.